The van der Waals surface area contributed by atoms with Gasteiger partial charge in [0, 0.05) is 19.0 Å². The van der Waals surface area contributed by atoms with Gasteiger partial charge in [-0.05, 0) is 5.57 Å². The molecule has 1 aliphatic heterocycles. The fraction of sp³-hybridized carbons (Fsp3) is 0.375. The summed E-state index contributed by atoms with van der Waals surface area (Å²) in [4.78, 5) is 22.1. The fourth-order valence-corrected chi connectivity index (χ4v) is 1.37. The first-order valence-corrected chi connectivity index (χ1v) is 3.86. The summed E-state index contributed by atoms with van der Waals surface area (Å²) < 4.78 is 0. The van der Waals surface area contributed by atoms with E-state index in [0.29, 0.717) is 5.57 Å². The van der Waals surface area contributed by atoms with E-state index in [1.807, 2.05) is 0 Å². The maximum atomic E-state index is 10.7. The predicted molar refractivity (Wildman–Crippen MR) is 44.5 cm³/mol. The van der Waals surface area contributed by atoms with Crippen LogP contribution in [-0.4, -0.2) is 39.8 Å². The van der Waals surface area contributed by atoms with E-state index >= 15 is 0 Å². The molecule has 0 aromatic rings. The van der Waals surface area contributed by atoms with Gasteiger partial charge in [0.05, 0.1) is 6.07 Å². The van der Waals surface area contributed by atoms with E-state index in [2.05, 4.69) is 0 Å². The lowest BCUT2D eigenvalue weighted by Gasteiger charge is -2.16. The third-order valence-electron chi connectivity index (χ3n) is 2.00. The number of rotatable bonds is 1. The minimum absolute atomic E-state index is 0.000139. The van der Waals surface area contributed by atoms with E-state index in [9.17, 15) is 9.59 Å². The van der Waals surface area contributed by atoms with Crippen molar-refractivity contribution in [1.29, 1.82) is 5.26 Å². The highest BCUT2D eigenvalue weighted by Crippen LogP contribution is 2.22. The topological polar surface area (TPSA) is 102 Å². The van der Waals surface area contributed by atoms with E-state index in [1.165, 1.54) is 6.08 Å². The van der Waals surface area contributed by atoms with Gasteiger partial charge in [0.2, 0.25) is 0 Å². The van der Waals surface area contributed by atoms with Crippen LogP contribution in [0.4, 0.5) is 4.79 Å². The number of nitriles is 1. The summed E-state index contributed by atoms with van der Waals surface area (Å²) in [6, 6.07) is 0.691. The van der Waals surface area contributed by atoms with Crippen LogP contribution in [0.3, 0.4) is 0 Å². The van der Waals surface area contributed by atoms with Crippen molar-refractivity contribution in [3.05, 3.63) is 11.6 Å². The zero-order chi connectivity index (χ0) is 10.7. The zero-order valence-electron chi connectivity index (χ0n) is 7.17. The van der Waals surface area contributed by atoms with Crippen LogP contribution in [0.1, 0.15) is 6.42 Å². The summed E-state index contributed by atoms with van der Waals surface area (Å²) in [6.45, 7) is -0.000139. The summed E-state index contributed by atoms with van der Waals surface area (Å²) in [5.41, 5.74) is 0.530. The number of allylic oxidation sites excluding steroid dienone is 1. The molecule has 6 nitrogen and oxygen atoms in total. The molecule has 0 saturated carbocycles. The monoisotopic (exact) mass is 196 g/mol. The minimum atomic E-state index is -1.28. The number of hydrogen-bond donors (Lipinski definition) is 2. The highest BCUT2D eigenvalue weighted by Gasteiger charge is 2.36. The van der Waals surface area contributed by atoms with E-state index < -0.39 is 18.1 Å². The molecule has 0 spiro atoms. The highest BCUT2D eigenvalue weighted by molar-refractivity contribution is 5.81. The quantitative estimate of drug-likeness (QED) is 0.586. The lowest BCUT2D eigenvalue weighted by atomic mass is 10.1. The van der Waals surface area contributed by atoms with Gasteiger partial charge < -0.3 is 10.2 Å². The number of carboxylic acid groups (broad SMARTS) is 2. The average Bonchev–Trinajstić information content (AvgIpc) is 2.49. The molecule has 74 valence electrons. The van der Waals surface area contributed by atoms with Crippen LogP contribution >= 0.6 is 0 Å². The molecule has 1 amide bonds. The van der Waals surface area contributed by atoms with E-state index in [0.717, 1.165) is 4.90 Å². The molecular weight excluding hydrogens is 188 g/mol. The van der Waals surface area contributed by atoms with Gasteiger partial charge in [-0.1, -0.05) is 0 Å². The Morgan fingerprint density at radius 3 is 2.57 bits per heavy atom. The van der Waals surface area contributed by atoms with Gasteiger partial charge in [0.25, 0.3) is 0 Å². The number of amides is 1. The van der Waals surface area contributed by atoms with Gasteiger partial charge in [-0.25, -0.2) is 9.59 Å². The third kappa shape index (κ3) is 1.82. The Balaban J connectivity index is 2.87. The maximum absolute atomic E-state index is 10.7. The summed E-state index contributed by atoms with van der Waals surface area (Å²) in [5.74, 6) is -1.19. The number of carboxylic acids is 1. The molecule has 0 unspecified atom stereocenters. The van der Waals surface area contributed by atoms with E-state index in [4.69, 9.17) is 15.5 Å². The first-order valence-electron chi connectivity index (χ1n) is 3.86. The predicted octanol–water partition coefficient (Wildman–Crippen LogP) is 0.273. The van der Waals surface area contributed by atoms with Crippen molar-refractivity contribution >= 4 is 12.1 Å². The lowest BCUT2D eigenvalue weighted by Crippen LogP contribution is -2.39. The number of hydrogen-bond acceptors (Lipinski definition) is 3. The molecule has 6 heteroatoms. The van der Waals surface area contributed by atoms with Crippen LogP contribution in [0.25, 0.3) is 0 Å². The van der Waals surface area contributed by atoms with Crippen LogP contribution in [0.5, 0.6) is 0 Å². The Labute approximate surface area is 79.7 Å². The molecule has 0 aromatic carbocycles. The number of likely N-dealkylation sites (tertiary alicyclic amines) is 1. The highest BCUT2D eigenvalue weighted by atomic mass is 16.4. The maximum Gasteiger partial charge on any atom is 0.408 e. The summed E-state index contributed by atoms with van der Waals surface area (Å²) in [7, 11) is 0. The summed E-state index contributed by atoms with van der Waals surface area (Å²) in [6.07, 6.45) is 0.00684. The third-order valence-corrected chi connectivity index (χ3v) is 2.00. The first-order chi connectivity index (χ1) is 6.56. The number of nitrogens with zero attached hydrogens (tertiary/aromatic N) is 2. The van der Waals surface area contributed by atoms with E-state index in [1.54, 1.807) is 6.07 Å². The molecule has 0 radical (unpaired) electrons. The van der Waals surface area contributed by atoms with Crippen LogP contribution in [-0.2, 0) is 4.79 Å². The van der Waals surface area contributed by atoms with Crippen molar-refractivity contribution in [3.63, 3.8) is 0 Å². The molecule has 1 atom stereocenters. The van der Waals surface area contributed by atoms with Gasteiger partial charge in [-0.3, -0.25) is 4.90 Å². The molecule has 0 aromatic heterocycles. The van der Waals surface area contributed by atoms with E-state index in [-0.39, 0.29) is 13.0 Å². The smallest absolute Gasteiger partial charge is 0.408 e. The van der Waals surface area contributed by atoms with Crippen molar-refractivity contribution in [2.45, 2.75) is 12.5 Å². The van der Waals surface area contributed by atoms with Gasteiger partial charge in [0.15, 0.2) is 0 Å². The fourth-order valence-electron chi connectivity index (χ4n) is 1.37. The van der Waals surface area contributed by atoms with Crippen LogP contribution in [0.15, 0.2) is 11.6 Å². The Bertz CT molecular complexity index is 318. The molecular formula is C8H8N2O4. The Morgan fingerprint density at radius 1 is 1.57 bits per heavy atom. The van der Waals surface area contributed by atoms with Crippen molar-refractivity contribution in [1.82, 2.24) is 4.90 Å². The van der Waals surface area contributed by atoms with Crippen molar-refractivity contribution in [2.24, 2.45) is 0 Å². The standard InChI is InChI=1S/C8H8N2O4/c9-2-1-5-3-6(7(11)12)10(4-5)8(13)14/h1,6H,3-4H2,(H,11,12)(H,13,14)/b5-1+/t6-/m0/s1. The minimum Gasteiger partial charge on any atom is -0.480 e. The van der Waals surface area contributed by atoms with Gasteiger partial charge in [-0.2, -0.15) is 5.26 Å². The molecule has 1 saturated heterocycles. The second kappa shape index (κ2) is 3.79. The van der Waals surface area contributed by atoms with Gasteiger partial charge in [-0.15, -0.1) is 0 Å². The zero-order valence-corrected chi connectivity index (χ0v) is 7.17. The van der Waals surface area contributed by atoms with Crippen LogP contribution in [0, 0.1) is 11.3 Å². The van der Waals surface area contributed by atoms with Crippen LogP contribution < -0.4 is 0 Å². The summed E-state index contributed by atoms with van der Waals surface area (Å²) >= 11 is 0. The summed E-state index contributed by atoms with van der Waals surface area (Å²) in [5, 5.41) is 25.7. The molecule has 0 aliphatic carbocycles. The molecule has 1 heterocycles. The van der Waals surface area contributed by atoms with Gasteiger partial charge in [0.1, 0.15) is 6.04 Å². The Hall–Kier alpha value is -2.03. The molecule has 1 aliphatic rings. The molecule has 1 rings (SSSR count). The lowest BCUT2D eigenvalue weighted by molar-refractivity contribution is -0.141. The first kappa shape index (κ1) is 10.1. The number of aliphatic carboxylic acids is 1. The SMILES string of the molecule is N#C/C=C1\C[C@@H](C(=O)O)N(C(=O)O)C1. The van der Waals surface area contributed by atoms with Crippen molar-refractivity contribution in [3.8, 4) is 6.07 Å². The largest absolute Gasteiger partial charge is 0.480 e. The molecule has 0 bridgehead atoms. The Kier molecular flexibility index (Phi) is 2.72. The van der Waals surface area contributed by atoms with Crippen molar-refractivity contribution in [2.75, 3.05) is 6.54 Å². The average molecular weight is 196 g/mol. The second-order valence-corrected chi connectivity index (χ2v) is 2.90. The van der Waals surface area contributed by atoms with Gasteiger partial charge >= 0.3 is 12.1 Å². The molecule has 2 N–H and O–H groups in total. The number of carbonyl (C=O) groups is 2. The second-order valence-electron chi connectivity index (χ2n) is 2.90. The molecule has 1 fully saturated rings. The Morgan fingerprint density at radius 2 is 2.21 bits per heavy atom. The van der Waals surface area contributed by atoms with Crippen LogP contribution in [0.2, 0.25) is 0 Å². The molecule has 14 heavy (non-hydrogen) atoms. The van der Waals surface area contributed by atoms with Crippen molar-refractivity contribution < 1.29 is 19.8 Å². The normalized spacial score (nSPS) is 23.5.